The van der Waals surface area contributed by atoms with Crippen LogP contribution in [0.3, 0.4) is 0 Å². The molecule has 0 aliphatic heterocycles. The van der Waals surface area contributed by atoms with Gasteiger partial charge in [0.1, 0.15) is 0 Å². The minimum Gasteiger partial charge on any atom is -0.449 e. The second-order valence-corrected chi connectivity index (χ2v) is 6.42. The third kappa shape index (κ3) is 2.67. The molecule has 0 bridgehead atoms. The number of furan rings is 1. The molecule has 0 saturated heterocycles. The Bertz CT molecular complexity index is 677. The molecule has 0 spiro atoms. The van der Waals surface area contributed by atoms with Crippen molar-refractivity contribution in [2.45, 2.75) is 45.6 Å². The van der Waals surface area contributed by atoms with Crippen LogP contribution in [0, 0.1) is 12.8 Å². The van der Waals surface area contributed by atoms with Crippen molar-refractivity contribution >= 4 is 28.5 Å². The van der Waals surface area contributed by atoms with Crippen LogP contribution in [0.4, 0.5) is 0 Å². The van der Waals surface area contributed by atoms with Crippen LogP contribution in [-0.4, -0.2) is 11.9 Å². The number of para-hydroxylation sites is 1. The van der Waals surface area contributed by atoms with E-state index in [1.807, 2.05) is 19.1 Å². The zero-order valence-electron chi connectivity index (χ0n) is 12.4. The third-order valence-corrected chi connectivity index (χ3v) is 4.85. The lowest BCUT2D eigenvalue weighted by Crippen LogP contribution is -2.41. The van der Waals surface area contributed by atoms with Crippen LogP contribution in [0.15, 0.2) is 22.6 Å². The van der Waals surface area contributed by atoms with Gasteiger partial charge in [0, 0.05) is 17.0 Å². The fraction of sp³-hybridized carbons (Fsp3) is 0.471. The number of amides is 1. The maximum absolute atomic E-state index is 12.5. The SMILES string of the molecule is Cc1c(C(=O)NC2CCCCC2C)oc2c(Cl)cccc12. The van der Waals surface area contributed by atoms with Crippen molar-refractivity contribution in [1.29, 1.82) is 0 Å². The van der Waals surface area contributed by atoms with Crippen LogP contribution in [0.1, 0.15) is 48.7 Å². The van der Waals surface area contributed by atoms with Crippen LogP contribution < -0.4 is 5.32 Å². The predicted octanol–water partition coefficient (Wildman–Crippen LogP) is 4.70. The Morgan fingerprint density at radius 2 is 2.10 bits per heavy atom. The molecule has 21 heavy (non-hydrogen) atoms. The van der Waals surface area contributed by atoms with E-state index in [1.54, 1.807) is 6.07 Å². The summed E-state index contributed by atoms with van der Waals surface area (Å²) >= 11 is 6.14. The number of fused-ring (bicyclic) bond motifs is 1. The topological polar surface area (TPSA) is 42.2 Å². The highest BCUT2D eigenvalue weighted by molar-refractivity contribution is 6.35. The van der Waals surface area contributed by atoms with Crippen LogP contribution in [-0.2, 0) is 0 Å². The van der Waals surface area contributed by atoms with E-state index in [9.17, 15) is 4.79 Å². The molecule has 3 nitrogen and oxygen atoms in total. The summed E-state index contributed by atoms with van der Waals surface area (Å²) in [6, 6.07) is 5.82. The number of aryl methyl sites for hydroxylation is 1. The predicted molar refractivity (Wildman–Crippen MR) is 84.8 cm³/mol. The first-order valence-electron chi connectivity index (χ1n) is 7.56. The molecule has 1 amide bonds. The standard InChI is InChI=1S/C17H20ClNO2/c1-10-6-3-4-9-14(10)19-17(20)15-11(2)12-7-5-8-13(18)16(12)21-15/h5,7-8,10,14H,3-4,6,9H2,1-2H3,(H,19,20). The zero-order valence-corrected chi connectivity index (χ0v) is 13.2. The van der Waals surface area contributed by atoms with E-state index in [0.717, 1.165) is 17.4 Å². The van der Waals surface area contributed by atoms with Crippen LogP contribution >= 0.6 is 11.6 Å². The van der Waals surface area contributed by atoms with Gasteiger partial charge in [-0.1, -0.05) is 43.5 Å². The Kier molecular flexibility index (Phi) is 3.94. The first-order chi connectivity index (χ1) is 10.1. The van der Waals surface area contributed by atoms with Gasteiger partial charge in [0.2, 0.25) is 0 Å². The first-order valence-corrected chi connectivity index (χ1v) is 7.94. The van der Waals surface area contributed by atoms with Gasteiger partial charge in [-0.05, 0) is 31.7 Å². The number of hydrogen-bond donors (Lipinski definition) is 1. The number of carbonyl (C=O) groups excluding carboxylic acids is 1. The Hall–Kier alpha value is -1.48. The van der Waals surface area contributed by atoms with E-state index in [2.05, 4.69) is 12.2 Å². The van der Waals surface area contributed by atoms with Crippen molar-refractivity contribution in [3.63, 3.8) is 0 Å². The smallest absolute Gasteiger partial charge is 0.287 e. The average molecular weight is 306 g/mol. The summed E-state index contributed by atoms with van der Waals surface area (Å²) in [5.74, 6) is 0.783. The molecule has 2 unspecified atom stereocenters. The van der Waals surface area contributed by atoms with Crippen molar-refractivity contribution in [2.75, 3.05) is 0 Å². The molecule has 1 aromatic carbocycles. The maximum atomic E-state index is 12.5. The van der Waals surface area contributed by atoms with Crippen molar-refractivity contribution in [3.05, 3.63) is 34.5 Å². The molecule has 0 radical (unpaired) electrons. The van der Waals surface area contributed by atoms with Crippen LogP contribution in [0.25, 0.3) is 11.0 Å². The van der Waals surface area contributed by atoms with Gasteiger partial charge < -0.3 is 9.73 Å². The molecular formula is C17H20ClNO2. The van der Waals surface area contributed by atoms with E-state index >= 15 is 0 Å². The van der Waals surface area contributed by atoms with Gasteiger partial charge in [-0.25, -0.2) is 0 Å². The lowest BCUT2D eigenvalue weighted by molar-refractivity contribution is 0.0883. The number of halogens is 1. The highest BCUT2D eigenvalue weighted by atomic mass is 35.5. The van der Waals surface area contributed by atoms with Crippen molar-refractivity contribution in [3.8, 4) is 0 Å². The molecular weight excluding hydrogens is 286 g/mol. The van der Waals surface area contributed by atoms with E-state index in [4.69, 9.17) is 16.0 Å². The quantitative estimate of drug-likeness (QED) is 0.873. The molecule has 1 N–H and O–H groups in total. The van der Waals surface area contributed by atoms with Crippen molar-refractivity contribution < 1.29 is 9.21 Å². The fourth-order valence-corrected chi connectivity index (χ4v) is 3.40. The molecule has 2 atom stereocenters. The molecule has 4 heteroatoms. The molecule has 2 aromatic rings. The van der Waals surface area contributed by atoms with Gasteiger partial charge in [0.05, 0.1) is 5.02 Å². The van der Waals surface area contributed by atoms with Crippen molar-refractivity contribution in [1.82, 2.24) is 5.32 Å². The summed E-state index contributed by atoms with van der Waals surface area (Å²) in [6.07, 6.45) is 4.66. The first kappa shape index (κ1) is 14.5. The lowest BCUT2D eigenvalue weighted by atomic mass is 9.86. The molecule has 112 valence electrons. The van der Waals surface area contributed by atoms with E-state index in [-0.39, 0.29) is 11.9 Å². The molecule has 1 heterocycles. The average Bonchev–Trinajstić information content (AvgIpc) is 2.81. The fourth-order valence-electron chi connectivity index (χ4n) is 3.19. The molecule has 1 saturated carbocycles. The van der Waals surface area contributed by atoms with Gasteiger partial charge in [-0.3, -0.25) is 4.79 Å². The van der Waals surface area contributed by atoms with Gasteiger partial charge >= 0.3 is 0 Å². The van der Waals surface area contributed by atoms with Crippen LogP contribution in [0.2, 0.25) is 5.02 Å². The monoisotopic (exact) mass is 305 g/mol. The highest BCUT2D eigenvalue weighted by Crippen LogP contribution is 2.31. The Balaban J connectivity index is 1.88. The summed E-state index contributed by atoms with van der Waals surface area (Å²) in [7, 11) is 0. The van der Waals surface area contributed by atoms with Crippen LogP contribution in [0.5, 0.6) is 0 Å². The lowest BCUT2D eigenvalue weighted by Gasteiger charge is -2.29. The summed E-state index contributed by atoms with van der Waals surface area (Å²) in [4.78, 5) is 12.5. The minimum absolute atomic E-state index is 0.126. The summed E-state index contributed by atoms with van der Waals surface area (Å²) in [5.41, 5.74) is 1.45. The second kappa shape index (κ2) is 5.72. The van der Waals surface area contributed by atoms with Gasteiger partial charge in [0.25, 0.3) is 5.91 Å². The Morgan fingerprint density at radius 3 is 2.81 bits per heavy atom. The maximum Gasteiger partial charge on any atom is 0.287 e. The van der Waals surface area contributed by atoms with E-state index in [1.165, 1.54) is 19.3 Å². The van der Waals surface area contributed by atoms with E-state index < -0.39 is 0 Å². The Morgan fingerprint density at radius 1 is 1.33 bits per heavy atom. The number of carbonyl (C=O) groups is 1. The number of rotatable bonds is 2. The highest BCUT2D eigenvalue weighted by Gasteiger charge is 2.26. The molecule has 1 aromatic heterocycles. The number of hydrogen-bond acceptors (Lipinski definition) is 2. The van der Waals surface area contributed by atoms with Crippen molar-refractivity contribution in [2.24, 2.45) is 5.92 Å². The second-order valence-electron chi connectivity index (χ2n) is 6.01. The van der Waals surface area contributed by atoms with Gasteiger partial charge in [-0.2, -0.15) is 0 Å². The molecule has 1 aliphatic carbocycles. The number of benzene rings is 1. The van der Waals surface area contributed by atoms with Gasteiger partial charge in [0.15, 0.2) is 11.3 Å². The van der Waals surface area contributed by atoms with E-state index in [0.29, 0.717) is 22.3 Å². The molecule has 1 aliphatic rings. The number of nitrogens with one attached hydrogen (secondary N) is 1. The Labute approximate surface area is 129 Å². The minimum atomic E-state index is -0.126. The largest absolute Gasteiger partial charge is 0.449 e. The third-order valence-electron chi connectivity index (χ3n) is 4.55. The molecule has 1 fully saturated rings. The summed E-state index contributed by atoms with van der Waals surface area (Å²) in [5, 5.41) is 4.58. The zero-order chi connectivity index (χ0) is 15.0. The summed E-state index contributed by atoms with van der Waals surface area (Å²) in [6.45, 7) is 4.11. The molecule has 3 rings (SSSR count). The van der Waals surface area contributed by atoms with Gasteiger partial charge in [-0.15, -0.1) is 0 Å². The summed E-state index contributed by atoms with van der Waals surface area (Å²) < 4.78 is 5.72. The normalized spacial score (nSPS) is 22.4.